The van der Waals surface area contributed by atoms with Crippen LogP contribution in [0.2, 0.25) is 0 Å². The quantitative estimate of drug-likeness (QED) is 0.442. The summed E-state index contributed by atoms with van der Waals surface area (Å²) in [5, 5.41) is 0. The minimum atomic E-state index is -0.564. The number of esters is 2. The molecule has 0 aliphatic heterocycles. The average Bonchev–Trinajstić information content (AvgIpc) is 2.33. The fourth-order valence-electron chi connectivity index (χ4n) is 5.10. The third kappa shape index (κ3) is 3.19. The summed E-state index contributed by atoms with van der Waals surface area (Å²) in [5.41, 5.74) is -0.703. The minimum Gasteiger partial charge on any atom is -0.459 e. The monoisotopic (exact) mass is 320 g/mol. The van der Waals surface area contributed by atoms with Crippen LogP contribution in [0.3, 0.4) is 0 Å². The van der Waals surface area contributed by atoms with Gasteiger partial charge in [0.05, 0.1) is 0 Å². The lowest BCUT2D eigenvalue weighted by atomic mass is 9.52. The molecule has 0 aromatic carbocycles. The fraction of sp³-hybridized carbons (Fsp3) is 0.722. The Morgan fingerprint density at radius 1 is 1.00 bits per heavy atom. The number of hydrogen-bond donors (Lipinski definition) is 0. The zero-order valence-electron chi connectivity index (χ0n) is 13.9. The molecule has 0 amide bonds. The van der Waals surface area contributed by atoms with Crippen LogP contribution < -0.4 is 0 Å². The Morgan fingerprint density at radius 2 is 1.52 bits per heavy atom. The number of carbonyl (C=O) groups excluding carboxylic acids is 3. The average molecular weight is 320 g/mol. The Kier molecular flexibility index (Phi) is 3.85. The molecule has 4 fully saturated rings. The van der Waals surface area contributed by atoms with Gasteiger partial charge in [-0.05, 0) is 57.8 Å². The summed E-state index contributed by atoms with van der Waals surface area (Å²) < 4.78 is 11.6. The molecule has 4 aliphatic rings. The topological polar surface area (TPSA) is 69.7 Å². The van der Waals surface area contributed by atoms with Crippen LogP contribution >= 0.6 is 0 Å². The van der Waals surface area contributed by atoms with E-state index in [9.17, 15) is 14.4 Å². The number of ketones is 1. The molecule has 0 aromatic rings. The number of rotatable bonds is 5. The first-order chi connectivity index (χ1) is 10.7. The molecule has 23 heavy (non-hydrogen) atoms. The largest absolute Gasteiger partial charge is 0.459 e. The molecule has 4 aliphatic carbocycles. The second-order valence-corrected chi connectivity index (χ2v) is 7.85. The van der Waals surface area contributed by atoms with E-state index in [2.05, 4.69) is 6.58 Å². The molecule has 4 saturated carbocycles. The van der Waals surface area contributed by atoms with Crippen molar-refractivity contribution in [1.82, 2.24) is 0 Å². The van der Waals surface area contributed by atoms with Gasteiger partial charge in [0.25, 0.3) is 0 Å². The highest BCUT2D eigenvalue weighted by atomic mass is 16.6. The second-order valence-electron chi connectivity index (χ2n) is 7.85. The van der Waals surface area contributed by atoms with Crippen molar-refractivity contribution >= 4 is 17.7 Å². The number of carbonyl (C=O) groups is 3. The predicted molar refractivity (Wildman–Crippen MR) is 82.4 cm³/mol. The van der Waals surface area contributed by atoms with Crippen molar-refractivity contribution in [1.29, 1.82) is 0 Å². The molecule has 0 spiro atoms. The van der Waals surface area contributed by atoms with Crippen molar-refractivity contribution in [2.45, 2.75) is 70.0 Å². The van der Waals surface area contributed by atoms with Gasteiger partial charge in [-0.15, -0.1) is 0 Å². The Morgan fingerprint density at radius 3 is 2.00 bits per heavy atom. The van der Waals surface area contributed by atoms with Crippen molar-refractivity contribution < 1.29 is 23.9 Å². The summed E-state index contributed by atoms with van der Waals surface area (Å²) in [7, 11) is 0. The first-order valence-electron chi connectivity index (χ1n) is 8.31. The maximum atomic E-state index is 12.0. The lowest BCUT2D eigenvalue weighted by molar-refractivity contribution is -0.229. The zero-order valence-corrected chi connectivity index (χ0v) is 13.9. The Hall–Kier alpha value is -1.65. The van der Waals surface area contributed by atoms with Gasteiger partial charge in [-0.3, -0.25) is 9.59 Å². The molecule has 2 unspecified atom stereocenters. The van der Waals surface area contributed by atoms with Crippen LogP contribution in [0.1, 0.15) is 58.8 Å². The van der Waals surface area contributed by atoms with Gasteiger partial charge < -0.3 is 9.47 Å². The Balaban J connectivity index is 1.78. The van der Waals surface area contributed by atoms with Crippen molar-refractivity contribution in [2.24, 2.45) is 11.8 Å². The van der Waals surface area contributed by atoms with E-state index in [1.54, 1.807) is 6.92 Å². The van der Waals surface area contributed by atoms with Crippen LogP contribution in [0, 0.1) is 11.8 Å². The van der Waals surface area contributed by atoms with Crippen LogP contribution in [-0.4, -0.2) is 28.9 Å². The predicted octanol–water partition coefficient (Wildman–Crippen LogP) is 2.72. The highest BCUT2D eigenvalue weighted by molar-refractivity contribution is 5.94. The van der Waals surface area contributed by atoms with Crippen LogP contribution in [0.15, 0.2) is 12.2 Å². The van der Waals surface area contributed by atoms with Crippen LogP contribution in [0.5, 0.6) is 0 Å². The molecular formula is C18H24O5. The van der Waals surface area contributed by atoms with Gasteiger partial charge in [-0.1, -0.05) is 6.58 Å². The molecule has 0 heterocycles. The third-order valence-electron chi connectivity index (χ3n) is 5.34. The van der Waals surface area contributed by atoms with E-state index in [-0.39, 0.29) is 18.2 Å². The van der Waals surface area contributed by atoms with Gasteiger partial charge in [0, 0.05) is 12.0 Å². The lowest BCUT2D eigenvalue weighted by Crippen LogP contribution is -2.61. The number of hydrogen-bond acceptors (Lipinski definition) is 5. The van der Waals surface area contributed by atoms with E-state index in [0.717, 1.165) is 32.1 Å². The van der Waals surface area contributed by atoms with Crippen LogP contribution in [0.4, 0.5) is 0 Å². The van der Waals surface area contributed by atoms with Gasteiger partial charge in [-0.25, -0.2) is 4.79 Å². The van der Waals surface area contributed by atoms with Gasteiger partial charge in [0.1, 0.15) is 23.4 Å². The van der Waals surface area contributed by atoms with E-state index in [1.165, 1.54) is 6.92 Å². The Bertz CT molecular complexity index is 562. The van der Waals surface area contributed by atoms with Crippen molar-refractivity contribution in [3.8, 4) is 0 Å². The van der Waals surface area contributed by atoms with Gasteiger partial charge in [-0.2, -0.15) is 0 Å². The van der Waals surface area contributed by atoms with E-state index < -0.39 is 17.2 Å². The van der Waals surface area contributed by atoms with Crippen molar-refractivity contribution in [2.75, 3.05) is 0 Å². The van der Waals surface area contributed by atoms with Gasteiger partial charge >= 0.3 is 11.9 Å². The van der Waals surface area contributed by atoms with Crippen molar-refractivity contribution in [3.63, 3.8) is 0 Å². The van der Waals surface area contributed by atoms with Crippen LogP contribution in [0.25, 0.3) is 0 Å². The summed E-state index contributed by atoms with van der Waals surface area (Å²) in [5.74, 6) is -0.181. The highest BCUT2D eigenvalue weighted by Crippen LogP contribution is 2.60. The van der Waals surface area contributed by atoms with E-state index in [0.29, 0.717) is 23.8 Å². The number of Topliss-reactive ketones (excluding diaryl/α,β-unsaturated/α-hetero) is 1. The minimum absolute atomic E-state index is 0.185. The molecule has 4 rings (SSSR count). The maximum absolute atomic E-state index is 12.0. The molecule has 0 radical (unpaired) electrons. The number of ether oxygens (including phenoxy) is 2. The summed E-state index contributed by atoms with van der Waals surface area (Å²) in [4.78, 5) is 35.2. The standard InChI is InChI=1S/C18H24O5/c1-11(2)16(21)23-18-8-13-5-14(9-18)7-17(6-13,10-18)22-15(20)4-12(3)19/h13-14H,1,4-10H2,2-3H3. The molecule has 0 aromatic heterocycles. The molecule has 2 atom stereocenters. The smallest absolute Gasteiger partial charge is 0.333 e. The second kappa shape index (κ2) is 5.46. The van der Waals surface area contributed by atoms with E-state index in [1.807, 2.05) is 0 Å². The fourth-order valence-corrected chi connectivity index (χ4v) is 5.10. The molecular weight excluding hydrogens is 296 g/mol. The summed E-state index contributed by atoms with van der Waals surface area (Å²) in [6, 6.07) is 0. The van der Waals surface area contributed by atoms with Gasteiger partial charge in [0.15, 0.2) is 0 Å². The molecule has 126 valence electrons. The summed E-state index contributed by atoms with van der Waals surface area (Å²) in [6.45, 7) is 6.68. The SMILES string of the molecule is C=C(C)C(=O)OC12CC3CC(CC(OC(=O)CC(C)=O)(C3)C1)C2. The zero-order chi connectivity index (χ0) is 16.8. The first-order valence-corrected chi connectivity index (χ1v) is 8.31. The summed E-state index contributed by atoms with van der Waals surface area (Å²) >= 11 is 0. The maximum Gasteiger partial charge on any atom is 0.333 e. The molecule has 0 saturated heterocycles. The lowest BCUT2D eigenvalue weighted by Gasteiger charge is -2.60. The van der Waals surface area contributed by atoms with E-state index >= 15 is 0 Å². The molecule has 5 nitrogen and oxygen atoms in total. The Labute approximate surface area is 136 Å². The summed E-state index contributed by atoms with van der Waals surface area (Å²) in [6.07, 6.45) is 4.80. The van der Waals surface area contributed by atoms with Crippen molar-refractivity contribution in [3.05, 3.63) is 12.2 Å². The van der Waals surface area contributed by atoms with Crippen LogP contribution in [-0.2, 0) is 23.9 Å². The van der Waals surface area contributed by atoms with Gasteiger partial charge in [0.2, 0.25) is 0 Å². The molecule has 4 bridgehead atoms. The normalized spacial score (nSPS) is 37.3. The highest BCUT2D eigenvalue weighted by Gasteiger charge is 2.61. The molecule has 5 heteroatoms. The molecule has 0 N–H and O–H groups in total. The first kappa shape index (κ1) is 16.2. The third-order valence-corrected chi connectivity index (χ3v) is 5.34. The van der Waals surface area contributed by atoms with E-state index in [4.69, 9.17) is 9.47 Å².